The van der Waals surface area contributed by atoms with E-state index in [0.29, 0.717) is 31.7 Å². The molecule has 8 rings (SSSR count). The molecule has 0 N–H and O–H groups in total. The summed E-state index contributed by atoms with van der Waals surface area (Å²) in [7, 11) is 0. The van der Waals surface area contributed by atoms with Crippen LogP contribution in [0.4, 0.5) is 34.1 Å². The first-order chi connectivity index (χ1) is 39.9. The molecule has 6 heteroatoms. The summed E-state index contributed by atoms with van der Waals surface area (Å²) in [6.07, 6.45) is 16.4. The van der Waals surface area contributed by atoms with Gasteiger partial charge >= 0.3 is 5.97 Å². The van der Waals surface area contributed by atoms with Crippen molar-refractivity contribution >= 4 is 45.9 Å². The number of ether oxygens (including phenoxy) is 2. The number of hydrogen-bond acceptors (Lipinski definition) is 6. The van der Waals surface area contributed by atoms with Crippen molar-refractivity contribution in [1.29, 1.82) is 0 Å². The Hall–Kier alpha value is -7.54. The number of ketones is 1. The predicted molar refractivity (Wildman–Crippen MR) is 345 cm³/mol. The third-order valence-corrected chi connectivity index (χ3v) is 16.1. The van der Waals surface area contributed by atoms with E-state index in [9.17, 15) is 9.59 Å². The fraction of sp³-hybridized carbons (Fsp3) is 0.342. The van der Waals surface area contributed by atoms with Gasteiger partial charge in [0.25, 0.3) is 0 Å². The molecule has 0 unspecified atom stereocenters. The number of carbonyl (C=O) groups excluding carboxylic acids is 2. The zero-order valence-corrected chi connectivity index (χ0v) is 49.9. The van der Waals surface area contributed by atoms with Crippen LogP contribution in [0.3, 0.4) is 0 Å². The van der Waals surface area contributed by atoms with Crippen LogP contribution in [0.15, 0.2) is 206 Å². The van der Waals surface area contributed by atoms with E-state index in [1.165, 1.54) is 73.6 Å². The molecule has 0 saturated carbocycles. The van der Waals surface area contributed by atoms with Crippen molar-refractivity contribution in [2.45, 2.75) is 150 Å². The maximum atomic E-state index is 13.5. The number of benzene rings is 8. The molecule has 0 aliphatic carbocycles. The normalized spacial score (nSPS) is 11.6. The molecule has 0 heterocycles. The lowest BCUT2D eigenvalue weighted by Crippen LogP contribution is -2.26. The van der Waals surface area contributed by atoms with Gasteiger partial charge in [0.15, 0.2) is 0 Å². The summed E-state index contributed by atoms with van der Waals surface area (Å²) in [5.74, 6) is 0.147. The minimum atomic E-state index is -0.297. The van der Waals surface area contributed by atoms with Crippen molar-refractivity contribution in [1.82, 2.24) is 0 Å². The summed E-state index contributed by atoms with van der Waals surface area (Å²) in [5, 5.41) is 0. The molecule has 82 heavy (non-hydrogen) atoms. The molecule has 0 aliphatic heterocycles. The Labute approximate surface area is 491 Å². The molecule has 8 aromatic rings. The minimum Gasteiger partial charge on any atom is -0.463 e. The second-order valence-electron chi connectivity index (χ2n) is 23.4. The average molecular weight is 1090 g/mol. The van der Waals surface area contributed by atoms with E-state index in [4.69, 9.17) is 9.47 Å². The van der Waals surface area contributed by atoms with Crippen LogP contribution in [0.2, 0.25) is 0 Å². The second-order valence-corrected chi connectivity index (χ2v) is 23.4. The molecule has 0 bridgehead atoms. The smallest absolute Gasteiger partial charge is 0.306 e. The summed E-state index contributed by atoms with van der Waals surface area (Å²) in [6, 6.07) is 73.4. The maximum Gasteiger partial charge on any atom is 0.306 e. The first-order valence-corrected chi connectivity index (χ1v) is 30.5. The Morgan fingerprint density at radius 1 is 0.366 bits per heavy atom. The van der Waals surface area contributed by atoms with E-state index in [2.05, 4.69) is 252 Å². The number of unbranched alkanes of at least 4 members (excludes halogenated alkanes) is 8. The number of aryl methyl sites for hydroxylation is 2. The first kappa shape index (κ1) is 60.6. The summed E-state index contributed by atoms with van der Waals surface area (Å²) in [4.78, 5) is 30.9. The van der Waals surface area contributed by atoms with Crippen molar-refractivity contribution in [3.63, 3.8) is 0 Å². The molecule has 8 aromatic carbocycles. The van der Waals surface area contributed by atoms with E-state index in [0.717, 1.165) is 88.5 Å². The van der Waals surface area contributed by atoms with E-state index >= 15 is 0 Å². The van der Waals surface area contributed by atoms with Gasteiger partial charge in [-0.05, 0) is 157 Å². The quantitative estimate of drug-likeness (QED) is 0.0309. The van der Waals surface area contributed by atoms with Gasteiger partial charge in [-0.1, -0.05) is 225 Å². The van der Waals surface area contributed by atoms with Gasteiger partial charge < -0.3 is 19.3 Å². The van der Waals surface area contributed by atoms with Gasteiger partial charge in [0.1, 0.15) is 12.4 Å². The number of Topliss-reactive ketones (excluding diaryl/α,β-unsaturated/α-hetero) is 1. The van der Waals surface area contributed by atoms with Gasteiger partial charge in [-0.25, -0.2) is 0 Å². The van der Waals surface area contributed by atoms with Crippen molar-refractivity contribution in [2.24, 2.45) is 5.41 Å². The SMILES string of the molecule is CCCCCCCCC(C)(C)C(=O)CCc1ccc(N(c2ccc(-c3ccccc3)cc2)c2ccc(-c3ccc(N(c4ccc(CCC(=O)OCCOC(C)(C)CCCCCC)cc4)c4ccc(-c5ccccc5)cc4)cc3)cc2)cc1. The lowest BCUT2D eigenvalue weighted by atomic mass is 9.80. The largest absolute Gasteiger partial charge is 0.463 e. The number of carbonyl (C=O) groups is 2. The Kier molecular flexibility index (Phi) is 22.5. The van der Waals surface area contributed by atoms with Crippen molar-refractivity contribution < 1.29 is 19.1 Å². The summed E-state index contributed by atoms with van der Waals surface area (Å²) in [5.41, 5.74) is 14.9. The highest BCUT2D eigenvalue weighted by Gasteiger charge is 2.26. The van der Waals surface area contributed by atoms with Crippen LogP contribution in [0.25, 0.3) is 33.4 Å². The third kappa shape index (κ3) is 17.7. The highest BCUT2D eigenvalue weighted by Crippen LogP contribution is 2.40. The van der Waals surface area contributed by atoms with E-state index in [1.54, 1.807) is 0 Å². The third-order valence-electron chi connectivity index (χ3n) is 16.1. The highest BCUT2D eigenvalue weighted by atomic mass is 16.6. The summed E-state index contributed by atoms with van der Waals surface area (Å²) in [6.45, 7) is 13.7. The molecule has 426 valence electrons. The maximum absolute atomic E-state index is 13.5. The Bertz CT molecular complexity index is 3150. The zero-order chi connectivity index (χ0) is 57.6. The Morgan fingerprint density at radius 3 is 1.10 bits per heavy atom. The molecular weight excluding hydrogens is 1000 g/mol. The topological polar surface area (TPSA) is 59.1 Å². The standard InChI is InChI=1S/C76H88N2O4/c1-7-9-11-13-14-21-55-75(3,4)73(79)53-31-59-27-41-67(42-28-59)77(69-45-33-63(34-46-69)61-23-17-15-18-24-61)71-49-37-65(38-50-71)66-39-51-72(52-40-66)78(70-47-35-64(36-48-70)62-25-19-16-20-26-62)68-43-29-60(30-44-68)32-54-74(80)81-57-58-82-76(5,6)56-22-12-10-8-2/h15-20,23-30,33-52H,7-14,21-22,31-32,53-58H2,1-6H3. The monoisotopic (exact) mass is 1090 g/mol. The second kappa shape index (κ2) is 30.5. The van der Waals surface area contributed by atoms with E-state index in [-0.39, 0.29) is 23.6 Å². The van der Waals surface area contributed by atoms with Crippen molar-refractivity contribution in [3.05, 3.63) is 217 Å². The fourth-order valence-electron chi connectivity index (χ4n) is 10.9. The lowest BCUT2D eigenvalue weighted by molar-refractivity contribution is -0.147. The van der Waals surface area contributed by atoms with E-state index < -0.39 is 0 Å². The molecule has 0 radical (unpaired) electrons. The molecule has 0 aromatic heterocycles. The molecule has 0 saturated heterocycles. The van der Waals surface area contributed by atoms with Gasteiger partial charge in [0.2, 0.25) is 0 Å². The van der Waals surface area contributed by atoms with Crippen LogP contribution in [0.5, 0.6) is 0 Å². The van der Waals surface area contributed by atoms with Crippen LogP contribution in [-0.4, -0.2) is 30.6 Å². The van der Waals surface area contributed by atoms with Gasteiger partial charge in [0, 0.05) is 52.4 Å². The average Bonchev–Trinajstić information content (AvgIpc) is 3.65. The van der Waals surface area contributed by atoms with Gasteiger partial charge in [-0.3, -0.25) is 9.59 Å². The van der Waals surface area contributed by atoms with Crippen LogP contribution >= 0.6 is 0 Å². The molecular formula is C76H88N2O4. The number of anilines is 6. The van der Waals surface area contributed by atoms with Gasteiger partial charge in [-0.2, -0.15) is 0 Å². The number of rotatable bonds is 32. The summed E-state index contributed by atoms with van der Waals surface area (Å²) >= 11 is 0. The number of nitrogens with zero attached hydrogens (tertiary/aromatic N) is 2. The van der Waals surface area contributed by atoms with E-state index in [1.807, 2.05) is 6.07 Å². The van der Waals surface area contributed by atoms with Crippen molar-refractivity contribution in [2.75, 3.05) is 23.0 Å². The highest BCUT2D eigenvalue weighted by molar-refractivity contribution is 5.85. The van der Waals surface area contributed by atoms with Crippen LogP contribution < -0.4 is 9.80 Å². The molecule has 0 spiro atoms. The van der Waals surface area contributed by atoms with Crippen LogP contribution in [0.1, 0.15) is 143 Å². The summed E-state index contributed by atoms with van der Waals surface area (Å²) < 4.78 is 11.7. The van der Waals surface area contributed by atoms with Gasteiger partial charge in [-0.15, -0.1) is 0 Å². The zero-order valence-electron chi connectivity index (χ0n) is 49.9. The lowest BCUT2D eigenvalue weighted by Gasteiger charge is -2.27. The number of esters is 1. The van der Waals surface area contributed by atoms with Crippen LogP contribution in [0, 0.1) is 5.41 Å². The molecule has 0 fully saturated rings. The predicted octanol–water partition coefficient (Wildman–Crippen LogP) is 21.1. The number of hydrogen-bond donors (Lipinski definition) is 0. The first-order valence-electron chi connectivity index (χ1n) is 30.5. The van der Waals surface area contributed by atoms with Crippen LogP contribution in [-0.2, 0) is 31.9 Å². The van der Waals surface area contributed by atoms with Crippen molar-refractivity contribution in [3.8, 4) is 33.4 Å². The Morgan fingerprint density at radius 2 is 0.695 bits per heavy atom. The van der Waals surface area contributed by atoms with Gasteiger partial charge in [0.05, 0.1) is 12.2 Å². The molecule has 6 nitrogen and oxygen atoms in total. The Balaban J connectivity index is 0.968. The molecule has 0 amide bonds. The molecule has 0 aliphatic rings. The molecule has 0 atom stereocenters. The fourth-order valence-corrected chi connectivity index (χ4v) is 10.9. The minimum absolute atomic E-state index is 0.209.